The highest BCUT2D eigenvalue weighted by Crippen LogP contribution is 2.46. The third kappa shape index (κ3) is 5.53. The molecule has 11 aromatic carbocycles. The molecule has 0 amide bonds. The lowest BCUT2D eigenvalue weighted by atomic mass is 9.93. The van der Waals surface area contributed by atoms with Crippen LogP contribution in [0.25, 0.3) is 104 Å². The normalized spacial score (nSPS) is 11.8. The van der Waals surface area contributed by atoms with Crippen LogP contribution in [0.2, 0.25) is 0 Å². The maximum Gasteiger partial charge on any atom is 0.143 e. The summed E-state index contributed by atoms with van der Waals surface area (Å²) < 4.78 is 8.93. The average Bonchev–Trinajstić information content (AvgIpc) is 3.92. The Morgan fingerprint density at radius 2 is 0.905 bits per heavy atom. The Morgan fingerprint density at radius 1 is 0.333 bits per heavy atom. The average molecular weight is 803 g/mol. The minimum absolute atomic E-state index is 0.904. The van der Waals surface area contributed by atoms with Crippen molar-refractivity contribution in [3.05, 3.63) is 231 Å². The van der Waals surface area contributed by atoms with Gasteiger partial charge in [0.25, 0.3) is 0 Å². The molecule has 13 rings (SSSR count). The number of hydrogen-bond acceptors (Lipinski definition) is 2. The SMILES string of the molecule is c1ccc(-c2ccc(N(c3ccc(-c4cccc5c4oc4ccccc45)cc3)c3ccc(-n4c5ccccc5c5c6c7ccccc7ccc6c6ccccc6c54)cc3)cc2)cc1. The van der Waals surface area contributed by atoms with Crippen molar-refractivity contribution in [1.29, 1.82) is 0 Å². The maximum atomic E-state index is 6.45. The molecule has 0 bridgehead atoms. The van der Waals surface area contributed by atoms with Crippen LogP contribution in [-0.2, 0) is 0 Å². The summed E-state index contributed by atoms with van der Waals surface area (Å²) in [5.74, 6) is 0. The molecule has 0 radical (unpaired) electrons. The molecule has 0 saturated carbocycles. The van der Waals surface area contributed by atoms with Gasteiger partial charge in [0.05, 0.1) is 11.0 Å². The van der Waals surface area contributed by atoms with Gasteiger partial charge in [-0.05, 0) is 98.9 Å². The van der Waals surface area contributed by atoms with Crippen LogP contribution >= 0.6 is 0 Å². The van der Waals surface area contributed by atoms with Gasteiger partial charge >= 0.3 is 0 Å². The summed E-state index contributed by atoms with van der Waals surface area (Å²) >= 11 is 0. The molecule has 0 unspecified atom stereocenters. The Bertz CT molecular complexity index is 3880. The summed E-state index contributed by atoms with van der Waals surface area (Å²) in [6.45, 7) is 0. The van der Waals surface area contributed by atoms with E-state index in [9.17, 15) is 0 Å². The molecule has 0 N–H and O–H groups in total. The first-order valence-corrected chi connectivity index (χ1v) is 21.6. The topological polar surface area (TPSA) is 21.3 Å². The van der Waals surface area contributed by atoms with Crippen molar-refractivity contribution < 1.29 is 4.42 Å². The molecule has 2 aromatic heterocycles. The number of aromatic nitrogens is 1. The Balaban J connectivity index is 0.977. The summed E-state index contributed by atoms with van der Waals surface area (Å²) in [4.78, 5) is 2.35. The molecule has 0 aliphatic heterocycles. The van der Waals surface area contributed by atoms with E-state index in [4.69, 9.17) is 4.42 Å². The third-order valence-corrected chi connectivity index (χ3v) is 13.0. The zero-order chi connectivity index (χ0) is 41.4. The summed E-state index contributed by atoms with van der Waals surface area (Å²) in [6.07, 6.45) is 0. The smallest absolute Gasteiger partial charge is 0.143 e. The number of benzene rings is 11. The van der Waals surface area contributed by atoms with Crippen LogP contribution in [0.3, 0.4) is 0 Å². The standard InChI is InChI=1S/C60H38N2O/c1-2-13-39(14-3-1)40-25-30-43(31-26-40)61(44-32-27-42(28-33-44)48-21-12-22-53-50-18-9-11-24-56(50)63-60(48)53)45-34-36-46(37-35-45)62-55-23-10-8-20-54(55)58-57-47-16-5-4-15-41(47)29-38-51(57)49-17-6-7-19-52(49)59(58)62/h1-38H. The van der Waals surface area contributed by atoms with Crippen molar-refractivity contribution in [2.45, 2.75) is 0 Å². The number of fused-ring (bicyclic) bond motifs is 13. The molecule has 63 heavy (non-hydrogen) atoms. The molecule has 3 heteroatoms. The van der Waals surface area contributed by atoms with E-state index in [0.717, 1.165) is 55.8 Å². The quantitative estimate of drug-likeness (QED) is 0.156. The lowest BCUT2D eigenvalue weighted by Gasteiger charge is -2.26. The van der Waals surface area contributed by atoms with E-state index >= 15 is 0 Å². The first-order valence-electron chi connectivity index (χ1n) is 21.6. The Kier molecular flexibility index (Phi) is 7.91. The van der Waals surface area contributed by atoms with Crippen LogP contribution in [-0.4, -0.2) is 4.57 Å². The van der Waals surface area contributed by atoms with Crippen molar-refractivity contribution in [2.75, 3.05) is 4.90 Å². The van der Waals surface area contributed by atoms with E-state index in [2.05, 4.69) is 228 Å². The summed E-state index contributed by atoms with van der Waals surface area (Å²) in [7, 11) is 0. The number of para-hydroxylation sites is 3. The molecule has 0 fully saturated rings. The van der Waals surface area contributed by atoms with Crippen LogP contribution in [0, 0.1) is 0 Å². The van der Waals surface area contributed by atoms with Crippen LogP contribution < -0.4 is 4.90 Å². The zero-order valence-corrected chi connectivity index (χ0v) is 34.2. The summed E-state index contributed by atoms with van der Waals surface area (Å²) in [6, 6.07) is 83.3. The van der Waals surface area contributed by atoms with E-state index < -0.39 is 0 Å². The fourth-order valence-corrected chi connectivity index (χ4v) is 10.1. The highest BCUT2D eigenvalue weighted by molar-refractivity contribution is 6.36. The third-order valence-electron chi connectivity index (χ3n) is 13.0. The molecule has 294 valence electrons. The second kappa shape index (κ2) is 14.1. The number of rotatable bonds is 6. The molecular formula is C60H38N2O. The second-order valence-electron chi connectivity index (χ2n) is 16.4. The zero-order valence-electron chi connectivity index (χ0n) is 34.2. The molecule has 3 nitrogen and oxygen atoms in total. The van der Waals surface area contributed by atoms with Crippen LogP contribution in [0.1, 0.15) is 0 Å². The van der Waals surface area contributed by atoms with E-state index in [1.807, 2.05) is 12.1 Å². The Labute approximate surface area is 363 Å². The van der Waals surface area contributed by atoms with Crippen molar-refractivity contribution in [3.8, 4) is 27.9 Å². The lowest BCUT2D eigenvalue weighted by Crippen LogP contribution is -2.10. The molecule has 0 aliphatic carbocycles. The molecular weight excluding hydrogens is 765 g/mol. The number of hydrogen-bond donors (Lipinski definition) is 0. The summed E-state index contributed by atoms with van der Waals surface area (Å²) in [5, 5.41) is 12.4. The largest absolute Gasteiger partial charge is 0.455 e. The predicted octanol–water partition coefficient (Wildman–Crippen LogP) is 16.9. The van der Waals surface area contributed by atoms with Crippen molar-refractivity contribution in [1.82, 2.24) is 4.57 Å². The predicted molar refractivity (Wildman–Crippen MR) is 266 cm³/mol. The first-order chi connectivity index (χ1) is 31.3. The number of anilines is 3. The van der Waals surface area contributed by atoms with Crippen molar-refractivity contribution in [3.63, 3.8) is 0 Å². The molecule has 0 saturated heterocycles. The molecule has 13 aromatic rings. The van der Waals surface area contributed by atoms with Gasteiger partial charge in [-0.25, -0.2) is 0 Å². The van der Waals surface area contributed by atoms with Gasteiger partial charge in [0.2, 0.25) is 0 Å². The van der Waals surface area contributed by atoms with E-state index in [-0.39, 0.29) is 0 Å². The summed E-state index contributed by atoms with van der Waals surface area (Å²) in [5.41, 5.74) is 13.1. The molecule has 0 spiro atoms. The van der Waals surface area contributed by atoms with E-state index in [1.165, 1.54) is 65.3 Å². The highest BCUT2D eigenvalue weighted by Gasteiger charge is 2.21. The van der Waals surface area contributed by atoms with E-state index in [1.54, 1.807) is 0 Å². The fraction of sp³-hybridized carbons (Fsp3) is 0. The van der Waals surface area contributed by atoms with Gasteiger partial charge in [0.1, 0.15) is 11.2 Å². The fourth-order valence-electron chi connectivity index (χ4n) is 10.1. The van der Waals surface area contributed by atoms with Gasteiger partial charge in [-0.2, -0.15) is 0 Å². The number of nitrogens with zero attached hydrogens (tertiary/aromatic N) is 2. The molecule has 0 atom stereocenters. The Morgan fingerprint density at radius 3 is 1.67 bits per heavy atom. The van der Waals surface area contributed by atoms with Gasteiger partial charge in [-0.15, -0.1) is 0 Å². The Hall–Kier alpha value is -8.40. The maximum absolute atomic E-state index is 6.45. The van der Waals surface area contributed by atoms with Crippen molar-refractivity contribution >= 4 is 93.1 Å². The van der Waals surface area contributed by atoms with Crippen LogP contribution in [0.4, 0.5) is 17.1 Å². The van der Waals surface area contributed by atoms with Gasteiger partial charge < -0.3 is 13.9 Å². The van der Waals surface area contributed by atoms with Crippen LogP contribution in [0.5, 0.6) is 0 Å². The number of furan rings is 1. The van der Waals surface area contributed by atoms with Gasteiger partial charge in [-0.3, -0.25) is 0 Å². The minimum atomic E-state index is 0.904. The lowest BCUT2D eigenvalue weighted by molar-refractivity contribution is 0.670. The van der Waals surface area contributed by atoms with Gasteiger partial charge in [0.15, 0.2) is 0 Å². The highest BCUT2D eigenvalue weighted by atomic mass is 16.3. The van der Waals surface area contributed by atoms with Gasteiger partial charge in [0, 0.05) is 60.6 Å². The molecule has 0 aliphatic rings. The van der Waals surface area contributed by atoms with Crippen LogP contribution in [0.15, 0.2) is 235 Å². The first kappa shape index (κ1) is 35.4. The van der Waals surface area contributed by atoms with Crippen molar-refractivity contribution in [2.24, 2.45) is 0 Å². The molecule has 2 heterocycles. The monoisotopic (exact) mass is 802 g/mol. The second-order valence-corrected chi connectivity index (χ2v) is 16.4. The van der Waals surface area contributed by atoms with Gasteiger partial charge in [-0.1, -0.05) is 170 Å². The van der Waals surface area contributed by atoms with E-state index in [0.29, 0.717) is 0 Å². The minimum Gasteiger partial charge on any atom is -0.455 e.